The van der Waals surface area contributed by atoms with E-state index < -0.39 is 11.8 Å². The number of halogens is 1. The minimum atomic E-state index is -0.962. The van der Waals surface area contributed by atoms with E-state index in [1.165, 1.54) is 23.6 Å². The molecular weight excluding hydrogens is 432 g/mol. The Morgan fingerprint density at radius 1 is 1.30 bits per heavy atom. The lowest BCUT2D eigenvalue weighted by Gasteiger charge is -2.09. The van der Waals surface area contributed by atoms with Gasteiger partial charge in [0.25, 0.3) is 0 Å². The number of phenolic OH excluding ortho intramolecular Hbond substituents is 1. The van der Waals surface area contributed by atoms with Crippen LogP contribution in [0.4, 0.5) is 5.00 Å². The molecule has 0 saturated heterocycles. The van der Waals surface area contributed by atoms with Crippen molar-refractivity contribution in [2.45, 2.75) is 25.7 Å². The second-order valence-electron chi connectivity index (χ2n) is 5.88. The molecule has 0 fully saturated rings. The monoisotopic (exact) mass is 446 g/mol. The quantitative estimate of drug-likeness (QED) is 0.381. The lowest BCUT2D eigenvalue weighted by molar-refractivity contribution is -0.136. The largest absolute Gasteiger partial charge is 0.507 e. The Kier molecular flexibility index (Phi) is 5.88. The van der Waals surface area contributed by atoms with E-state index in [1.54, 1.807) is 12.1 Å². The SMILES string of the molecule is N#Cc1c(NC(=O)C(=O)N/N=C\c2cc(Br)ccc2O)sc2c1CCCC2. The van der Waals surface area contributed by atoms with Gasteiger partial charge in [-0.1, -0.05) is 15.9 Å². The number of nitrogens with one attached hydrogen (secondary N) is 2. The van der Waals surface area contributed by atoms with Crippen LogP contribution in [0.5, 0.6) is 5.75 Å². The Morgan fingerprint density at radius 2 is 2.07 bits per heavy atom. The fraction of sp³-hybridized carbons (Fsp3) is 0.222. The van der Waals surface area contributed by atoms with Gasteiger partial charge in [-0.05, 0) is 49.4 Å². The number of rotatable bonds is 3. The Morgan fingerprint density at radius 3 is 2.85 bits per heavy atom. The minimum Gasteiger partial charge on any atom is -0.507 e. The molecule has 1 aliphatic carbocycles. The van der Waals surface area contributed by atoms with Crippen molar-refractivity contribution in [1.29, 1.82) is 5.26 Å². The second kappa shape index (κ2) is 8.33. The van der Waals surface area contributed by atoms with Crippen LogP contribution < -0.4 is 10.7 Å². The summed E-state index contributed by atoms with van der Waals surface area (Å²) in [7, 11) is 0. The van der Waals surface area contributed by atoms with E-state index in [1.807, 2.05) is 0 Å². The van der Waals surface area contributed by atoms with Gasteiger partial charge in [0.15, 0.2) is 0 Å². The van der Waals surface area contributed by atoms with Gasteiger partial charge < -0.3 is 10.4 Å². The summed E-state index contributed by atoms with van der Waals surface area (Å²) in [4.78, 5) is 25.1. The third kappa shape index (κ3) is 4.35. The summed E-state index contributed by atoms with van der Waals surface area (Å²) in [6, 6.07) is 6.87. The van der Waals surface area contributed by atoms with Gasteiger partial charge in [-0.3, -0.25) is 9.59 Å². The maximum atomic E-state index is 12.1. The van der Waals surface area contributed by atoms with E-state index in [2.05, 4.69) is 37.8 Å². The Bertz CT molecular complexity index is 978. The lowest BCUT2D eigenvalue weighted by Crippen LogP contribution is -2.32. The van der Waals surface area contributed by atoms with Crippen LogP contribution in [0.1, 0.15) is 34.4 Å². The highest BCUT2D eigenvalue weighted by Crippen LogP contribution is 2.37. The number of fused-ring (bicyclic) bond motifs is 1. The number of hydrogen-bond acceptors (Lipinski definition) is 6. The molecule has 1 aliphatic rings. The number of anilines is 1. The van der Waals surface area contributed by atoms with E-state index in [0.29, 0.717) is 16.1 Å². The highest BCUT2D eigenvalue weighted by atomic mass is 79.9. The predicted molar refractivity (Wildman–Crippen MR) is 106 cm³/mol. The normalized spacial score (nSPS) is 13.0. The molecule has 3 rings (SSSR count). The Hall–Kier alpha value is -2.70. The number of aromatic hydroxyl groups is 1. The summed E-state index contributed by atoms with van der Waals surface area (Å²) in [5, 5.41) is 25.7. The van der Waals surface area contributed by atoms with Crippen LogP contribution >= 0.6 is 27.3 Å². The van der Waals surface area contributed by atoms with Crippen molar-refractivity contribution >= 4 is 50.3 Å². The summed E-state index contributed by atoms with van der Waals surface area (Å²) in [6.07, 6.45) is 5.01. The third-order valence-corrected chi connectivity index (χ3v) is 5.78. The number of nitriles is 1. The zero-order chi connectivity index (χ0) is 19.4. The number of hydrazone groups is 1. The zero-order valence-electron chi connectivity index (χ0n) is 14.1. The first-order chi connectivity index (χ1) is 13.0. The van der Waals surface area contributed by atoms with Crippen LogP contribution in [0.2, 0.25) is 0 Å². The molecule has 0 bridgehead atoms. The number of phenols is 1. The van der Waals surface area contributed by atoms with Gasteiger partial charge >= 0.3 is 11.8 Å². The topological polar surface area (TPSA) is 115 Å². The molecular formula is C18H15BrN4O3S. The first kappa shape index (κ1) is 19.1. The summed E-state index contributed by atoms with van der Waals surface area (Å²) in [5.74, 6) is -1.87. The fourth-order valence-electron chi connectivity index (χ4n) is 2.77. The number of carbonyl (C=O) groups excluding carboxylic acids is 2. The number of benzene rings is 1. The van der Waals surface area contributed by atoms with Crippen molar-refractivity contribution in [1.82, 2.24) is 5.43 Å². The molecule has 138 valence electrons. The predicted octanol–water partition coefficient (Wildman–Crippen LogP) is 3.06. The van der Waals surface area contributed by atoms with Crippen molar-refractivity contribution in [2.24, 2.45) is 5.10 Å². The molecule has 27 heavy (non-hydrogen) atoms. The number of thiophene rings is 1. The molecule has 9 heteroatoms. The van der Waals surface area contributed by atoms with Gasteiger partial charge in [0.2, 0.25) is 0 Å². The van der Waals surface area contributed by atoms with E-state index in [9.17, 15) is 20.0 Å². The van der Waals surface area contributed by atoms with Crippen molar-refractivity contribution in [3.8, 4) is 11.8 Å². The molecule has 0 aliphatic heterocycles. The van der Waals surface area contributed by atoms with Crippen molar-refractivity contribution in [3.63, 3.8) is 0 Å². The summed E-state index contributed by atoms with van der Waals surface area (Å²) in [6.45, 7) is 0. The number of aryl methyl sites for hydroxylation is 1. The van der Waals surface area contributed by atoms with Crippen LogP contribution in [-0.2, 0) is 22.4 Å². The maximum absolute atomic E-state index is 12.1. The Balaban J connectivity index is 1.66. The lowest BCUT2D eigenvalue weighted by atomic mass is 9.96. The van der Waals surface area contributed by atoms with E-state index in [-0.39, 0.29) is 5.75 Å². The molecule has 0 atom stereocenters. The average Bonchev–Trinajstić information content (AvgIpc) is 3.01. The van der Waals surface area contributed by atoms with Gasteiger partial charge in [0.1, 0.15) is 16.8 Å². The van der Waals surface area contributed by atoms with Crippen LogP contribution in [0.3, 0.4) is 0 Å². The molecule has 2 amide bonds. The van der Waals surface area contributed by atoms with Gasteiger partial charge in [-0.15, -0.1) is 11.3 Å². The molecule has 3 N–H and O–H groups in total. The number of amides is 2. The fourth-order valence-corrected chi connectivity index (χ4v) is 4.39. The van der Waals surface area contributed by atoms with Crippen LogP contribution in [0.15, 0.2) is 27.8 Å². The van der Waals surface area contributed by atoms with Gasteiger partial charge in [-0.25, -0.2) is 5.43 Å². The maximum Gasteiger partial charge on any atom is 0.329 e. The molecule has 0 unspecified atom stereocenters. The number of hydrogen-bond donors (Lipinski definition) is 3. The number of nitrogens with zero attached hydrogens (tertiary/aromatic N) is 2. The third-order valence-electron chi connectivity index (χ3n) is 4.08. The van der Waals surface area contributed by atoms with Crippen molar-refractivity contribution in [3.05, 3.63) is 44.2 Å². The first-order valence-electron chi connectivity index (χ1n) is 8.17. The average molecular weight is 447 g/mol. The highest BCUT2D eigenvalue weighted by molar-refractivity contribution is 9.10. The second-order valence-corrected chi connectivity index (χ2v) is 7.90. The first-order valence-corrected chi connectivity index (χ1v) is 9.78. The van der Waals surface area contributed by atoms with Crippen molar-refractivity contribution in [2.75, 3.05) is 5.32 Å². The van der Waals surface area contributed by atoms with E-state index in [0.717, 1.165) is 40.6 Å². The zero-order valence-corrected chi connectivity index (χ0v) is 16.5. The molecule has 1 heterocycles. The van der Waals surface area contributed by atoms with Crippen LogP contribution in [-0.4, -0.2) is 23.1 Å². The van der Waals surface area contributed by atoms with Crippen molar-refractivity contribution < 1.29 is 14.7 Å². The molecule has 2 aromatic rings. The van der Waals surface area contributed by atoms with Gasteiger partial charge in [-0.2, -0.15) is 10.4 Å². The minimum absolute atomic E-state index is 0.0107. The highest BCUT2D eigenvalue weighted by Gasteiger charge is 2.23. The van der Waals surface area contributed by atoms with Crippen LogP contribution in [0, 0.1) is 11.3 Å². The van der Waals surface area contributed by atoms with Gasteiger partial charge in [0, 0.05) is 14.9 Å². The van der Waals surface area contributed by atoms with E-state index in [4.69, 9.17) is 0 Å². The molecule has 7 nitrogen and oxygen atoms in total. The molecule has 0 spiro atoms. The van der Waals surface area contributed by atoms with E-state index >= 15 is 0 Å². The smallest absolute Gasteiger partial charge is 0.329 e. The number of carbonyl (C=O) groups is 2. The summed E-state index contributed by atoms with van der Waals surface area (Å²) in [5.41, 5.74) is 3.91. The molecule has 1 aromatic carbocycles. The molecule has 0 radical (unpaired) electrons. The molecule has 1 aromatic heterocycles. The van der Waals surface area contributed by atoms with Crippen LogP contribution in [0.25, 0.3) is 0 Å². The summed E-state index contributed by atoms with van der Waals surface area (Å²) >= 11 is 4.61. The van der Waals surface area contributed by atoms with Gasteiger partial charge in [0.05, 0.1) is 11.8 Å². The molecule has 0 saturated carbocycles. The standard InChI is InChI=1S/C18H15BrN4O3S/c19-11-5-6-14(24)10(7-11)9-21-23-17(26)16(25)22-18-13(8-20)12-3-1-2-4-15(12)27-18/h5-7,9,24H,1-4H2,(H,22,25)(H,23,26)/b21-9-. The summed E-state index contributed by atoms with van der Waals surface area (Å²) < 4.78 is 0.733. The Labute approximate surface area is 167 Å².